The molecule has 2 N–H and O–H groups in total. The molecule has 0 aromatic carbocycles. The first-order valence-electron chi connectivity index (χ1n) is 8.52. The molecule has 1 fully saturated rings. The molecule has 1 saturated heterocycles. The van der Waals surface area contributed by atoms with E-state index in [4.69, 9.17) is 10.7 Å². The molecule has 1 aliphatic heterocycles. The van der Waals surface area contributed by atoms with Gasteiger partial charge in [-0.05, 0) is 57.0 Å². The fraction of sp³-hybridized carbons (Fsp3) is 0.368. The quantitative estimate of drug-likeness (QED) is 0.784. The van der Waals surface area contributed by atoms with Crippen LogP contribution in [0.2, 0.25) is 0 Å². The van der Waals surface area contributed by atoms with Crippen LogP contribution in [0.3, 0.4) is 0 Å². The zero-order valence-corrected chi connectivity index (χ0v) is 14.2. The van der Waals surface area contributed by atoms with Gasteiger partial charge < -0.3 is 5.73 Å². The topological polar surface area (TPSA) is 59.5 Å². The van der Waals surface area contributed by atoms with E-state index in [0.717, 1.165) is 30.0 Å². The van der Waals surface area contributed by atoms with Crippen molar-refractivity contribution in [1.82, 2.24) is 19.3 Å². The van der Waals surface area contributed by atoms with Crippen LogP contribution in [0.4, 0.5) is 5.82 Å². The maximum absolute atomic E-state index is 6.07. The van der Waals surface area contributed by atoms with Crippen LogP contribution in [0.25, 0.3) is 5.65 Å². The zero-order chi connectivity index (χ0) is 16.7. The number of rotatable bonds is 2. The largest absolute Gasteiger partial charge is 0.385 e. The van der Waals surface area contributed by atoms with Crippen LogP contribution in [-0.2, 0) is 0 Å². The summed E-state index contributed by atoms with van der Waals surface area (Å²) in [6.45, 7) is 2.14. The summed E-state index contributed by atoms with van der Waals surface area (Å²) in [4.78, 5) is 11.9. The molecule has 4 heterocycles. The third-order valence-corrected chi connectivity index (χ3v) is 5.19. The van der Waals surface area contributed by atoms with Crippen molar-refractivity contribution in [2.24, 2.45) is 0 Å². The van der Waals surface area contributed by atoms with Crippen LogP contribution < -0.4 is 5.73 Å². The van der Waals surface area contributed by atoms with Crippen molar-refractivity contribution in [3.63, 3.8) is 0 Å². The molecule has 0 saturated carbocycles. The zero-order valence-electron chi connectivity index (χ0n) is 14.2. The van der Waals surface area contributed by atoms with Gasteiger partial charge in [0.05, 0.1) is 23.5 Å². The smallest absolute Gasteiger partial charge is 0.138 e. The lowest BCUT2D eigenvalue weighted by atomic mass is 9.91. The molecular formula is C19H23N5. The molecule has 0 aliphatic carbocycles. The molecule has 1 aliphatic rings. The van der Waals surface area contributed by atoms with Crippen LogP contribution >= 0.6 is 0 Å². The van der Waals surface area contributed by atoms with Gasteiger partial charge in [-0.2, -0.15) is 0 Å². The summed E-state index contributed by atoms with van der Waals surface area (Å²) in [5.41, 5.74) is 10.5. The Balaban J connectivity index is 1.70. The van der Waals surface area contributed by atoms with Crippen LogP contribution in [0.15, 0.2) is 42.7 Å². The normalized spacial score (nSPS) is 22.1. The molecule has 0 radical (unpaired) electrons. The van der Waals surface area contributed by atoms with Crippen molar-refractivity contribution in [2.75, 3.05) is 12.8 Å². The van der Waals surface area contributed by atoms with Crippen LogP contribution in [0.1, 0.15) is 48.3 Å². The number of aryl methyl sites for hydroxylation is 1. The van der Waals surface area contributed by atoms with Gasteiger partial charge in [0.25, 0.3) is 0 Å². The van der Waals surface area contributed by atoms with E-state index < -0.39 is 0 Å². The van der Waals surface area contributed by atoms with Gasteiger partial charge in [-0.3, -0.25) is 14.3 Å². The minimum atomic E-state index is 0.296. The summed E-state index contributed by atoms with van der Waals surface area (Å²) < 4.78 is 1.97. The number of fused-ring (bicyclic) bond motifs is 1. The number of anilines is 1. The van der Waals surface area contributed by atoms with E-state index in [9.17, 15) is 0 Å². The van der Waals surface area contributed by atoms with E-state index in [1.807, 2.05) is 34.9 Å². The Morgan fingerprint density at radius 2 is 1.96 bits per heavy atom. The van der Waals surface area contributed by atoms with Crippen LogP contribution in [0, 0.1) is 6.92 Å². The number of imidazole rings is 1. The van der Waals surface area contributed by atoms with Crippen molar-refractivity contribution >= 4 is 11.5 Å². The average Bonchev–Trinajstić information content (AvgIpc) is 3.01. The number of nitrogens with zero attached hydrogens (tertiary/aromatic N) is 4. The maximum Gasteiger partial charge on any atom is 0.138 e. The predicted octanol–water partition coefficient (Wildman–Crippen LogP) is 3.52. The third-order valence-electron chi connectivity index (χ3n) is 5.19. The minimum absolute atomic E-state index is 0.296. The molecule has 5 nitrogen and oxygen atoms in total. The Labute approximate surface area is 142 Å². The second-order valence-corrected chi connectivity index (χ2v) is 6.68. The lowest BCUT2D eigenvalue weighted by Crippen LogP contribution is -2.34. The molecule has 0 spiro atoms. The van der Waals surface area contributed by atoms with Gasteiger partial charge in [0, 0.05) is 12.4 Å². The number of hydrogen-bond acceptors (Lipinski definition) is 4. The maximum atomic E-state index is 6.07. The van der Waals surface area contributed by atoms with Gasteiger partial charge in [0.2, 0.25) is 0 Å². The van der Waals surface area contributed by atoms with E-state index in [2.05, 4.69) is 36.1 Å². The second-order valence-electron chi connectivity index (χ2n) is 6.68. The lowest BCUT2D eigenvalue weighted by molar-refractivity contribution is 0.109. The fourth-order valence-corrected chi connectivity index (χ4v) is 3.87. The van der Waals surface area contributed by atoms with Crippen molar-refractivity contribution in [2.45, 2.75) is 38.3 Å². The number of aromatic nitrogens is 3. The van der Waals surface area contributed by atoms with Gasteiger partial charge in [0.15, 0.2) is 0 Å². The molecule has 0 bridgehead atoms. The highest BCUT2D eigenvalue weighted by atomic mass is 15.2. The summed E-state index contributed by atoms with van der Waals surface area (Å²) in [6, 6.07) is 10.6. The van der Waals surface area contributed by atoms with Gasteiger partial charge in [0.1, 0.15) is 11.5 Å². The molecule has 0 unspecified atom stereocenters. The molecule has 2 atom stereocenters. The molecule has 3 aromatic heterocycles. The third kappa shape index (κ3) is 2.45. The standard InChI is InChI=1S/C19H23N5/c1-13-6-5-11-21-19(13)16-8-3-7-15(23(16)2)14-12-24-17(20)9-4-10-18(24)22-14/h4-6,9-12,15-16H,3,7-8,20H2,1-2H3/t15-,16+/m0/s1. The van der Waals surface area contributed by atoms with Gasteiger partial charge in [-0.15, -0.1) is 0 Å². The highest BCUT2D eigenvalue weighted by Gasteiger charge is 2.32. The number of nitrogens with two attached hydrogens (primary N) is 1. The number of pyridine rings is 2. The van der Waals surface area contributed by atoms with E-state index >= 15 is 0 Å². The predicted molar refractivity (Wildman–Crippen MR) is 95.7 cm³/mol. The number of piperidine rings is 1. The first kappa shape index (κ1) is 15.1. The fourth-order valence-electron chi connectivity index (χ4n) is 3.87. The Morgan fingerprint density at radius 3 is 2.75 bits per heavy atom. The number of nitrogen functional groups attached to an aromatic ring is 1. The van der Waals surface area contributed by atoms with Gasteiger partial charge >= 0.3 is 0 Å². The van der Waals surface area contributed by atoms with Crippen LogP contribution in [-0.4, -0.2) is 26.3 Å². The number of hydrogen-bond donors (Lipinski definition) is 1. The van der Waals surface area contributed by atoms with E-state index in [0.29, 0.717) is 12.1 Å². The molecule has 3 aromatic rings. The van der Waals surface area contributed by atoms with E-state index in [1.54, 1.807) is 0 Å². The number of likely N-dealkylation sites (tertiary alicyclic amines) is 1. The van der Waals surface area contributed by atoms with E-state index in [1.165, 1.54) is 17.7 Å². The molecule has 4 rings (SSSR count). The molecule has 24 heavy (non-hydrogen) atoms. The molecule has 0 amide bonds. The highest BCUT2D eigenvalue weighted by Crippen LogP contribution is 2.40. The highest BCUT2D eigenvalue weighted by molar-refractivity contribution is 5.49. The summed E-state index contributed by atoms with van der Waals surface area (Å²) in [6.07, 6.45) is 7.41. The minimum Gasteiger partial charge on any atom is -0.385 e. The lowest BCUT2D eigenvalue weighted by Gasteiger charge is -2.39. The monoisotopic (exact) mass is 321 g/mol. The summed E-state index contributed by atoms with van der Waals surface area (Å²) in [5, 5.41) is 0. The Kier molecular flexibility index (Phi) is 3.73. The average molecular weight is 321 g/mol. The van der Waals surface area contributed by atoms with Crippen molar-refractivity contribution in [3.05, 3.63) is 59.7 Å². The van der Waals surface area contributed by atoms with Crippen molar-refractivity contribution < 1.29 is 0 Å². The molecule has 5 heteroatoms. The SMILES string of the molecule is Cc1cccnc1[C@H]1CCC[C@@H](c2cn3c(N)cccc3n2)N1C. The molecule has 124 valence electrons. The Morgan fingerprint density at radius 1 is 1.12 bits per heavy atom. The summed E-state index contributed by atoms with van der Waals surface area (Å²) >= 11 is 0. The summed E-state index contributed by atoms with van der Waals surface area (Å²) in [7, 11) is 2.19. The Hall–Kier alpha value is -2.40. The molecular weight excluding hydrogens is 298 g/mol. The first-order chi connectivity index (χ1) is 11.6. The van der Waals surface area contributed by atoms with Gasteiger partial charge in [-0.1, -0.05) is 12.1 Å². The van der Waals surface area contributed by atoms with Crippen LogP contribution in [0.5, 0.6) is 0 Å². The Bertz CT molecular complexity index is 869. The van der Waals surface area contributed by atoms with Crippen molar-refractivity contribution in [3.8, 4) is 0 Å². The van der Waals surface area contributed by atoms with E-state index in [-0.39, 0.29) is 0 Å². The first-order valence-corrected chi connectivity index (χ1v) is 8.52. The van der Waals surface area contributed by atoms with Gasteiger partial charge in [-0.25, -0.2) is 4.98 Å². The second kappa shape index (κ2) is 5.91. The summed E-state index contributed by atoms with van der Waals surface area (Å²) in [5.74, 6) is 0.724. The van der Waals surface area contributed by atoms with Crippen molar-refractivity contribution in [1.29, 1.82) is 0 Å².